The van der Waals surface area contributed by atoms with Gasteiger partial charge < -0.3 is 20.3 Å². The molecule has 1 radical (unpaired) electrons. The second kappa shape index (κ2) is 11.4. The van der Waals surface area contributed by atoms with Crippen molar-refractivity contribution in [3.8, 4) is 5.75 Å². The molecular weight excluding hydrogens is 544 g/mol. The maximum Gasteiger partial charge on any atom is 0.333 e. The summed E-state index contributed by atoms with van der Waals surface area (Å²) in [4.78, 5) is 21.8. The first kappa shape index (κ1) is 27.4. The Kier molecular flexibility index (Phi) is 8.43. The number of rotatable bonds is 10. The molecule has 1 fully saturated rings. The number of hydrogen-bond donors (Lipinski definition) is 5. The number of benzene rings is 1. The molecular formula is C23H24ClN4O7S2. The van der Waals surface area contributed by atoms with Crippen molar-refractivity contribution in [2.24, 2.45) is 5.92 Å². The minimum atomic E-state index is -4.43. The first-order valence-electron chi connectivity index (χ1n) is 11.0. The fourth-order valence-corrected chi connectivity index (χ4v) is 5.82. The van der Waals surface area contributed by atoms with E-state index in [1.54, 1.807) is 24.3 Å². The Bertz CT molecular complexity index is 1380. The van der Waals surface area contributed by atoms with E-state index in [9.17, 15) is 23.4 Å². The normalized spacial score (nSPS) is 20.5. The Balaban J connectivity index is 1.52. The van der Waals surface area contributed by atoms with Gasteiger partial charge in [0, 0.05) is 35.8 Å². The van der Waals surface area contributed by atoms with Gasteiger partial charge in [0.05, 0.1) is 28.0 Å². The molecule has 197 valence electrons. The summed E-state index contributed by atoms with van der Waals surface area (Å²) >= 11 is 7.42. The molecule has 0 bridgehead atoms. The van der Waals surface area contributed by atoms with Crippen LogP contribution in [0.4, 0.5) is 5.82 Å². The summed E-state index contributed by atoms with van der Waals surface area (Å²) in [5.74, 6) is -0.259. The molecule has 4 atom stereocenters. The van der Waals surface area contributed by atoms with Gasteiger partial charge in [-0.15, -0.1) is 11.3 Å². The lowest BCUT2D eigenvalue weighted by atomic mass is 10.0. The van der Waals surface area contributed by atoms with Gasteiger partial charge in [0.15, 0.2) is 0 Å². The smallest absolute Gasteiger partial charge is 0.333 e. The third-order valence-corrected chi connectivity index (χ3v) is 7.79. The molecule has 4 rings (SSSR count). The van der Waals surface area contributed by atoms with Crippen molar-refractivity contribution < 1.29 is 32.7 Å². The summed E-state index contributed by atoms with van der Waals surface area (Å²) < 4.78 is 38.2. The van der Waals surface area contributed by atoms with E-state index in [4.69, 9.17) is 20.9 Å². The molecule has 1 saturated carbocycles. The number of aliphatic hydroxyl groups excluding tert-OH is 2. The molecule has 1 aromatic carbocycles. The highest BCUT2D eigenvalue weighted by molar-refractivity contribution is 7.83. The number of para-hydroxylation sites is 1. The Hall–Kier alpha value is -2.65. The standard InChI is InChI=1S/C23H24ClN4O7S2/c1-35-18-5-3-2-4-14(18)20(30)15-8-19(36-22(15)24)21(31)16-10-25-11-26-23(16)28-13-6-12(17(29)7-13)9-27-37(32,33)34/h2-5,8-13,17,20,27,29-30H,6-7H2,1H3,(H,25,26,28)(H,32,33,34)/t12-,13-,17+,20-/m1/s1. The van der Waals surface area contributed by atoms with Gasteiger partial charge in [0.2, 0.25) is 5.78 Å². The molecule has 11 nitrogen and oxygen atoms in total. The third-order valence-electron chi connectivity index (χ3n) is 5.97. The molecule has 1 aliphatic carbocycles. The molecule has 2 aromatic heterocycles. The van der Waals surface area contributed by atoms with E-state index in [2.05, 4.69) is 15.3 Å². The van der Waals surface area contributed by atoms with Gasteiger partial charge in [-0.2, -0.15) is 13.1 Å². The Morgan fingerprint density at radius 3 is 2.78 bits per heavy atom. The van der Waals surface area contributed by atoms with Gasteiger partial charge in [-0.1, -0.05) is 29.8 Å². The van der Waals surface area contributed by atoms with Gasteiger partial charge in [0.1, 0.15) is 24.0 Å². The van der Waals surface area contributed by atoms with Crippen LogP contribution < -0.4 is 14.8 Å². The number of methoxy groups -OCH3 is 1. The van der Waals surface area contributed by atoms with Gasteiger partial charge in [-0.3, -0.25) is 9.35 Å². The summed E-state index contributed by atoms with van der Waals surface area (Å²) in [5, 5.41) is 24.3. The van der Waals surface area contributed by atoms with E-state index in [1.807, 2.05) is 4.72 Å². The van der Waals surface area contributed by atoms with Crippen LogP contribution >= 0.6 is 22.9 Å². The number of nitrogens with one attached hydrogen (secondary N) is 2. The van der Waals surface area contributed by atoms with Gasteiger partial charge in [-0.25, -0.2) is 9.97 Å². The van der Waals surface area contributed by atoms with E-state index in [-0.39, 0.29) is 33.1 Å². The van der Waals surface area contributed by atoms with Crippen molar-refractivity contribution >= 4 is 44.8 Å². The lowest BCUT2D eigenvalue weighted by Crippen LogP contribution is -2.27. The lowest BCUT2D eigenvalue weighted by Gasteiger charge is -2.15. The van der Waals surface area contributed by atoms with Crippen LogP contribution in [0.2, 0.25) is 4.34 Å². The minimum absolute atomic E-state index is 0.164. The SMILES string of the molecule is COc1ccccc1[C@@H](O)c1cc(C(=O)c2cncnc2N[C@H]2C[C@H](O)[C@@H]([CH]NS(=O)(=O)O)C2)sc1Cl. The monoisotopic (exact) mass is 567 g/mol. The Morgan fingerprint density at radius 1 is 1.30 bits per heavy atom. The van der Waals surface area contributed by atoms with Crippen LogP contribution in [0.15, 0.2) is 42.9 Å². The van der Waals surface area contributed by atoms with Crippen LogP contribution in [0.1, 0.15) is 45.3 Å². The second-order valence-corrected chi connectivity index (χ2v) is 11.2. The molecule has 0 spiro atoms. The van der Waals surface area contributed by atoms with Crippen LogP contribution in [0.5, 0.6) is 5.75 Å². The quantitative estimate of drug-likeness (QED) is 0.181. The lowest BCUT2D eigenvalue weighted by molar-refractivity contribution is 0.104. The largest absolute Gasteiger partial charge is 0.496 e. The number of hydrogen-bond acceptors (Lipinski definition) is 10. The van der Waals surface area contributed by atoms with Crippen molar-refractivity contribution in [3.63, 3.8) is 0 Å². The number of aromatic nitrogens is 2. The van der Waals surface area contributed by atoms with E-state index in [0.29, 0.717) is 23.3 Å². The van der Waals surface area contributed by atoms with Crippen molar-refractivity contribution in [1.82, 2.24) is 14.7 Å². The Morgan fingerprint density at radius 2 is 2.05 bits per heavy atom. The zero-order chi connectivity index (χ0) is 26.7. The third kappa shape index (κ3) is 6.44. The maximum atomic E-state index is 13.4. The number of thiophene rings is 1. The first-order valence-corrected chi connectivity index (χ1v) is 13.7. The Labute approximate surface area is 222 Å². The maximum absolute atomic E-state index is 13.4. The molecule has 0 amide bonds. The van der Waals surface area contributed by atoms with Crippen LogP contribution in [-0.2, 0) is 10.3 Å². The van der Waals surface area contributed by atoms with Gasteiger partial charge in [0.25, 0.3) is 0 Å². The summed E-state index contributed by atoms with van der Waals surface area (Å²) in [6.07, 6.45) is 1.22. The molecule has 0 unspecified atom stereocenters. The number of anilines is 1. The van der Waals surface area contributed by atoms with Crippen molar-refractivity contribution in [3.05, 3.63) is 75.3 Å². The zero-order valence-corrected chi connectivity index (χ0v) is 21.8. The van der Waals surface area contributed by atoms with Crippen LogP contribution in [0, 0.1) is 12.5 Å². The number of ketones is 1. The number of aliphatic hydroxyl groups is 2. The number of nitrogens with zero attached hydrogens (tertiary/aromatic N) is 2. The first-order chi connectivity index (χ1) is 17.6. The number of halogens is 1. The number of carbonyl (C=O) groups excluding carboxylic acids is 1. The average Bonchev–Trinajstić information content (AvgIpc) is 3.43. The molecule has 0 saturated heterocycles. The minimum Gasteiger partial charge on any atom is -0.496 e. The predicted octanol–water partition coefficient (Wildman–Crippen LogP) is 2.62. The molecule has 1 aliphatic rings. The fourth-order valence-electron chi connectivity index (χ4n) is 4.20. The van der Waals surface area contributed by atoms with Crippen LogP contribution in [-0.4, -0.2) is 58.2 Å². The molecule has 14 heteroatoms. The summed E-state index contributed by atoms with van der Waals surface area (Å²) in [5.41, 5.74) is 1.02. The fraction of sp³-hybridized carbons (Fsp3) is 0.304. The molecule has 3 aromatic rings. The zero-order valence-electron chi connectivity index (χ0n) is 19.4. The summed E-state index contributed by atoms with van der Waals surface area (Å²) in [7, 11) is -2.93. The number of carbonyl (C=O) groups is 1. The highest BCUT2D eigenvalue weighted by Crippen LogP contribution is 2.39. The summed E-state index contributed by atoms with van der Waals surface area (Å²) in [6, 6.07) is 8.14. The average molecular weight is 568 g/mol. The van der Waals surface area contributed by atoms with Crippen molar-refractivity contribution in [1.29, 1.82) is 0 Å². The van der Waals surface area contributed by atoms with Crippen LogP contribution in [0.3, 0.4) is 0 Å². The van der Waals surface area contributed by atoms with E-state index >= 15 is 0 Å². The van der Waals surface area contributed by atoms with Crippen molar-refractivity contribution in [2.45, 2.75) is 31.1 Å². The number of ether oxygens (including phenoxy) is 1. The van der Waals surface area contributed by atoms with E-state index in [0.717, 1.165) is 17.9 Å². The van der Waals surface area contributed by atoms with Crippen LogP contribution in [0.25, 0.3) is 0 Å². The molecule has 2 heterocycles. The van der Waals surface area contributed by atoms with E-state index < -0.39 is 34.2 Å². The molecule has 37 heavy (non-hydrogen) atoms. The molecule has 5 N–H and O–H groups in total. The molecule has 0 aliphatic heterocycles. The van der Waals surface area contributed by atoms with Gasteiger partial charge >= 0.3 is 10.3 Å². The van der Waals surface area contributed by atoms with E-state index in [1.165, 1.54) is 25.7 Å². The van der Waals surface area contributed by atoms with Gasteiger partial charge in [-0.05, 0) is 25.0 Å². The highest BCUT2D eigenvalue weighted by atomic mass is 35.5. The summed E-state index contributed by atoms with van der Waals surface area (Å²) in [6.45, 7) is 1.12. The second-order valence-electron chi connectivity index (χ2n) is 8.40. The van der Waals surface area contributed by atoms with Crippen molar-refractivity contribution in [2.75, 3.05) is 12.4 Å². The topological polar surface area (TPSA) is 171 Å². The predicted molar refractivity (Wildman–Crippen MR) is 137 cm³/mol. The highest BCUT2D eigenvalue weighted by Gasteiger charge is 2.35.